The minimum absolute atomic E-state index is 0.137. The second-order valence-electron chi connectivity index (χ2n) is 5.34. The van der Waals surface area contributed by atoms with E-state index in [1.807, 2.05) is 30.3 Å². The summed E-state index contributed by atoms with van der Waals surface area (Å²) in [5, 5.41) is 6.89. The van der Waals surface area contributed by atoms with Gasteiger partial charge in [-0.2, -0.15) is 0 Å². The van der Waals surface area contributed by atoms with Crippen LogP contribution in [0, 0.1) is 0 Å². The van der Waals surface area contributed by atoms with Gasteiger partial charge in [0.2, 0.25) is 0 Å². The van der Waals surface area contributed by atoms with Crippen LogP contribution in [0.25, 0.3) is 0 Å². The summed E-state index contributed by atoms with van der Waals surface area (Å²) in [5.41, 5.74) is 2.28. The van der Waals surface area contributed by atoms with Gasteiger partial charge in [0.05, 0.1) is 0 Å². The Morgan fingerprint density at radius 3 is 2.83 bits per heavy atom. The molecule has 0 atom stereocenters. The fourth-order valence-corrected chi connectivity index (χ4v) is 2.37. The van der Waals surface area contributed by atoms with Crippen molar-refractivity contribution in [3.8, 4) is 0 Å². The summed E-state index contributed by atoms with van der Waals surface area (Å²) >= 11 is 6.14. The molecule has 23 heavy (non-hydrogen) atoms. The zero-order valence-electron chi connectivity index (χ0n) is 13.3. The minimum atomic E-state index is -0.137. The van der Waals surface area contributed by atoms with Crippen molar-refractivity contribution < 1.29 is 4.79 Å². The third kappa shape index (κ3) is 5.57. The van der Waals surface area contributed by atoms with E-state index in [1.54, 1.807) is 12.3 Å². The first-order chi connectivity index (χ1) is 11.2. The molecule has 2 aromatic rings. The lowest BCUT2D eigenvalue weighted by molar-refractivity contribution is 0.0948. The number of aromatic nitrogens is 1. The lowest BCUT2D eigenvalue weighted by Gasteiger charge is -2.09. The highest BCUT2D eigenvalue weighted by Gasteiger charge is 2.07. The molecule has 122 valence electrons. The molecule has 2 N–H and O–H groups in total. The molecule has 1 aromatic heterocycles. The highest BCUT2D eigenvalue weighted by Crippen LogP contribution is 2.17. The Balaban J connectivity index is 1.91. The number of nitrogens with one attached hydrogen (secondary N) is 2. The van der Waals surface area contributed by atoms with Gasteiger partial charge in [-0.15, -0.1) is 0 Å². The van der Waals surface area contributed by atoms with Crippen LogP contribution < -0.4 is 10.6 Å². The second kappa shape index (κ2) is 9.16. The first-order valence-electron chi connectivity index (χ1n) is 7.92. The van der Waals surface area contributed by atoms with Gasteiger partial charge in [-0.05, 0) is 30.2 Å². The number of hydrogen-bond acceptors (Lipinski definition) is 3. The first-order valence-corrected chi connectivity index (χ1v) is 8.30. The molecule has 1 aromatic carbocycles. The number of carbonyl (C=O) groups is 1. The van der Waals surface area contributed by atoms with E-state index in [-0.39, 0.29) is 5.91 Å². The normalized spacial score (nSPS) is 10.3. The van der Waals surface area contributed by atoms with Crippen LogP contribution in [0.1, 0.15) is 42.2 Å². The van der Waals surface area contributed by atoms with Gasteiger partial charge in [-0.1, -0.05) is 49.6 Å². The van der Waals surface area contributed by atoms with Crippen molar-refractivity contribution in [2.75, 3.05) is 11.9 Å². The van der Waals surface area contributed by atoms with E-state index in [9.17, 15) is 4.79 Å². The number of hydrogen-bond donors (Lipinski definition) is 2. The molecule has 2 rings (SSSR count). The Kier molecular flexibility index (Phi) is 6.88. The van der Waals surface area contributed by atoms with E-state index in [2.05, 4.69) is 22.5 Å². The largest absolute Gasteiger partial charge is 0.381 e. The van der Waals surface area contributed by atoms with E-state index in [0.29, 0.717) is 18.8 Å². The molecule has 4 nitrogen and oxygen atoms in total. The molecule has 0 aliphatic rings. The quantitative estimate of drug-likeness (QED) is 0.710. The van der Waals surface area contributed by atoms with Crippen molar-refractivity contribution in [2.45, 2.75) is 32.7 Å². The van der Waals surface area contributed by atoms with Crippen LogP contribution in [0.5, 0.6) is 0 Å². The maximum Gasteiger partial charge on any atom is 0.269 e. The molecule has 0 bridgehead atoms. The molecular weight excluding hydrogens is 310 g/mol. The maximum absolute atomic E-state index is 12.1. The molecule has 0 aliphatic heterocycles. The lowest BCUT2D eigenvalue weighted by atomic mass is 10.2. The number of rotatable bonds is 8. The van der Waals surface area contributed by atoms with Gasteiger partial charge in [-0.25, -0.2) is 0 Å². The van der Waals surface area contributed by atoms with E-state index < -0.39 is 0 Å². The maximum atomic E-state index is 12.1. The molecule has 0 aliphatic carbocycles. The summed E-state index contributed by atoms with van der Waals surface area (Å²) in [6.07, 6.45) is 4.88. The molecule has 1 amide bonds. The van der Waals surface area contributed by atoms with Gasteiger partial charge in [-0.3, -0.25) is 9.78 Å². The molecule has 0 saturated heterocycles. The third-order valence-electron chi connectivity index (χ3n) is 3.50. The Morgan fingerprint density at radius 1 is 1.22 bits per heavy atom. The van der Waals surface area contributed by atoms with Gasteiger partial charge in [0.25, 0.3) is 5.91 Å². The minimum Gasteiger partial charge on any atom is -0.381 e. The molecule has 0 saturated carbocycles. The first kappa shape index (κ1) is 17.3. The van der Waals surface area contributed by atoms with Gasteiger partial charge in [0.15, 0.2) is 0 Å². The molecular formula is C18H22ClN3O. The molecule has 0 fully saturated rings. The summed E-state index contributed by atoms with van der Waals surface area (Å²) in [5.74, 6) is -0.137. The zero-order valence-corrected chi connectivity index (χ0v) is 14.1. The number of pyridine rings is 1. The number of anilines is 1. The summed E-state index contributed by atoms with van der Waals surface area (Å²) in [4.78, 5) is 16.2. The van der Waals surface area contributed by atoms with Crippen molar-refractivity contribution in [3.63, 3.8) is 0 Å². The van der Waals surface area contributed by atoms with Gasteiger partial charge < -0.3 is 10.6 Å². The highest BCUT2D eigenvalue weighted by atomic mass is 35.5. The van der Waals surface area contributed by atoms with Gasteiger partial charge in [0, 0.05) is 30.0 Å². The Morgan fingerprint density at radius 2 is 2.04 bits per heavy atom. The van der Waals surface area contributed by atoms with Crippen molar-refractivity contribution in [2.24, 2.45) is 0 Å². The molecule has 1 heterocycles. The fraction of sp³-hybridized carbons (Fsp3) is 0.333. The Bertz CT molecular complexity index is 646. The van der Waals surface area contributed by atoms with Crippen LogP contribution in [0.2, 0.25) is 5.02 Å². The van der Waals surface area contributed by atoms with E-state index >= 15 is 0 Å². The lowest BCUT2D eigenvalue weighted by Crippen LogP contribution is -2.25. The van der Waals surface area contributed by atoms with Gasteiger partial charge in [0.1, 0.15) is 5.69 Å². The van der Waals surface area contributed by atoms with Crippen LogP contribution in [-0.4, -0.2) is 17.4 Å². The van der Waals surface area contributed by atoms with Crippen molar-refractivity contribution in [3.05, 3.63) is 58.9 Å². The average Bonchev–Trinajstić information content (AvgIpc) is 2.58. The van der Waals surface area contributed by atoms with Crippen LogP contribution in [0.4, 0.5) is 5.69 Å². The summed E-state index contributed by atoms with van der Waals surface area (Å²) in [7, 11) is 0. The van der Waals surface area contributed by atoms with Crippen molar-refractivity contribution in [1.29, 1.82) is 0 Å². The standard InChI is InChI=1S/C18H22ClN3O/c1-2-3-6-10-21-18(23)17-12-15(9-11-20-17)22-13-14-7-4-5-8-16(14)19/h4-5,7-9,11-12H,2-3,6,10,13H2,1H3,(H,20,22)(H,21,23). The SMILES string of the molecule is CCCCCNC(=O)c1cc(NCc2ccccc2Cl)ccn1. The van der Waals surface area contributed by atoms with E-state index in [4.69, 9.17) is 11.6 Å². The number of halogens is 1. The van der Waals surface area contributed by atoms with Crippen molar-refractivity contribution >= 4 is 23.2 Å². The van der Waals surface area contributed by atoms with Crippen molar-refractivity contribution in [1.82, 2.24) is 10.3 Å². The zero-order chi connectivity index (χ0) is 16.5. The molecule has 0 spiro atoms. The fourth-order valence-electron chi connectivity index (χ4n) is 2.17. The average molecular weight is 332 g/mol. The van der Waals surface area contributed by atoms with E-state index in [0.717, 1.165) is 35.5 Å². The Hall–Kier alpha value is -2.07. The second-order valence-corrected chi connectivity index (χ2v) is 5.74. The number of nitrogens with zero attached hydrogens (tertiary/aromatic N) is 1. The molecule has 5 heteroatoms. The predicted octanol–water partition coefficient (Wildman–Crippen LogP) is 4.27. The summed E-state index contributed by atoms with van der Waals surface area (Å²) in [6.45, 7) is 3.42. The van der Waals surface area contributed by atoms with Crippen LogP contribution >= 0.6 is 11.6 Å². The topological polar surface area (TPSA) is 54.0 Å². The number of benzene rings is 1. The van der Waals surface area contributed by atoms with Gasteiger partial charge >= 0.3 is 0 Å². The van der Waals surface area contributed by atoms with Crippen LogP contribution in [-0.2, 0) is 6.54 Å². The smallest absolute Gasteiger partial charge is 0.269 e. The predicted molar refractivity (Wildman–Crippen MR) is 94.9 cm³/mol. The third-order valence-corrected chi connectivity index (χ3v) is 3.87. The van der Waals surface area contributed by atoms with Crippen LogP contribution in [0.3, 0.4) is 0 Å². The summed E-state index contributed by atoms with van der Waals surface area (Å²) < 4.78 is 0. The van der Waals surface area contributed by atoms with Crippen LogP contribution in [0.15, 0.2) is 42.6 Å². The number of amides is 1. The highest BCUT2D eigenvalue weighted by molar-refractivity contribution is 6.31. The monoisotopic (exact) mass is 331 g/mol. The Labute approximate surface area is 142 Å². The number of unbranched alkanes of at least 4 members (excludes halogenated alkanes) is 2. The number of carbonyl (C=O) groups excluding carboxylic acids is 1. The molecule has 0 unspecified atom stereocenters. The molecule has 0 radical (unpaired) electrons. The van der Waals surface area contributed by atoms with E-state index in [1.165, 1.54) is 0 Å². The summed E-state index contributed by atoms with van der Waals surface area (Å²) in [6, 6.07) is 11.3.